The van der Waals surface area contributed by atoms with Crippen LogP contribution >= 0.6 is 0 Å². The fourth-order valence-electron chi connectivity index (χ4n) is 7.85. The van der Waals surface area contributed by atoms with E-state index in [0.29, 0.717) is 36.5 Å². The summed E-state index contributed by atoms with van der Waals surface area (Å²) in [6.07, 6.45) is 7.50. The molecule has 0 aromatic rings. The second kappa shape index (κ2) is 8.05. The molecule has 10 atom stereocenters. The summed E-state index contributed by atoms with van der Waals surface area (Å²) in [7, 11) is 0. The topological polar surface area (TPSA) is 37.3 Å². The van der Waals surface area contributed by atoms with E-state index in [1.807, 2.05) is 0 Å². The minimum atomic E-state index is -1.99. The molecule has 0 unspecified atom stereocenters. The van der Waals surface area contributed by atoms with Gasteiger partial charge in [0, 0.05) is 16.4 Å². The Kier molecular flexibility index (Phi) is 5.07. The molecule has 0 heterocycles. The molecule has 30 heavy (non-hydrogen) atoms. The van der Waals surface area contributed by atoms with Crippen molar-refractivity contribution in [2.75, 3.05) is 0 Å². The fourth-order valence-corrected chi connectivity index (χ4v) is 7.85. The van der Waals surface area contributed by atoms with Crippen LogP contribution in [-0.2, 0) is 4.79 Å². The SMILES string of the molecule is [3H]C1([3H])C(=O)[C@@]2([3H])C[C@@H](O)CC[C@]2(C)[C@H]2CC[C@]3(C)[C@@H]([C@H](C)/C=C/[C@H](C)C(C)C)CC[C@H]3[C@@H]21. The van der Waals surface area contributed by atoms with Crippen LogP contribution in [0.3, 0.4) is 0 Å². The van der Waals surface area contributed by atoms with Gasteiger partial charge < -0.3 is 5.11 Å². The van der Waals surface area contributed by atoms with Gasteiger partial charge in [0.2, 0.25) is 0 Å². The molecule has 0 aliphatic heterocycles. The third-order valence-electron chi connectivity index (χ3n) is 10.3. The Labute approximate surface area is 189 Å². The second-order valence-corrected chi connectivity index (χ2v) is 12.1. The van der Waals surface area contributed by atoms with E-state index in [2.05, 4.69) is 53.7 Å². The van der Waals surface area contributed by atoms with Crippen molar-refractivity contribution >= 4 is 5.78 Å². The number of carbonyl (C=O) groups is 1. The predicted molar refractivity (Wildman–Crippen MR) is 124 cm³/mol. The lowest BCUT2D eigenvalue weighted by atomic mass is 9.44. The van der Waals surface area contributed by atoms with Crippen molar-refractivity contribution in [1.29, 1.82) is 0 Å². The molecule has 170 valence electrons. The van der Waals surface area contributed by atoms with Gasteiger partial charge in [-0.2, -0.15) is 0 Å². The molecule has 0 saturated heterocycles. The zero-order valence-corrected chi connectivity index (χ0v) is 20.1. The lowest BCUT2D eigenvalue weighted by Gasteiger charge is -2.60. The number of hydrogen-bond acceptors (Lipinski definition) is 2. The smallest absolute Gasteiger partial charge is 0.136 e. The first-order chi connectivity index (χ1) is 15.2. The number of carbonyl (C=O) groups excluding carboxylic acids is 1. The first kappa shape index (κ1) is 18.9. The quantitative estimate of drug-likeness (QED) is 0.516. The van der Waals surface area contributed by atoms with Crippen molar-refractivity contribution in [3.63, 3.8) is 0 Å². The third-order valence-corrected chi connectivity index (χ3v) is 10.3. The molecule has 1 N–H and O–H groups in total. The number of fused-ring (bicyclic) bond motifs is 5. The second-order valence-electron chi connectivity index (χ2n) is 12.1. The van der Waals surface area contributed by atoms with Crippen molar-refractivity contribution < 1.29 is 14.0 Å². The Bertz CT molecular complexity index is 809. The summed E-state index contributed by atoms with van der Waals surface area (Å²) >= 11 is 0. The molecular weight excluding hydrogens is 368 g/mol. The summed E-state index contributed by atoms with van der Waals surface area (Å²) in [6, 6.07) is 0. The van der Waals surface area contributed by atoms with Crippen molar-refractivity contribution in [2.24, 2.45) is 58.1 Å². The molecule has 4 saturated carbocycles. The molecular formula is C28H46O2. The predicted octanol–water partition coefficient (Wildman–Crippen LogP) is 6.67. The molecule has 0 aromatic heterocycles. The number of ketones is 1. The van der Waals surface area contributed by atoms with E-state index < -0.39 is 29.6 Å². The third kappa shape index (κ3) is 3.54. The average Bonchev–Trinajstić information content (AvgIpc) is 3.09. The van der Waals surface area contributed by atoms with Crippen molar-refractivity contribution in [3.05, 3.63) is 12.2 Å². The van der Waals surface area contributed by atoms with Crippen molar-refractivity contribution in [1.82, 2.24) is 0 Å². The molecule has 2 heteroatoms. The minimum Gasteiger partial charge on any atom is -0.393 e. The molecule has 0 radical (unpaired) electrons. The summed E-state index contributed by atoms with van der Waals surface area (Å²) in [5.74, 6) is -0.0226. The van der Waals surface area contributed by atoms with Gasteiger partial charge in [-0.05, 0) is 97.2 Å². The molecule has 4 rings (SSSR count). The highest BCUT2D eigenvalue weighted by Gasteiger charge is 2.62. The van der Waals surface area contributed by atoms with Crippen LogP contribution in [0, 0.1) is 58.1 Å². The first-order valence-corrected chi connectivity index (χ1v) is 12.6. The monoisotopic (exact) mass is 420 g/mol. The van der Waals surface area contributed by atoms with Crippen LogP contribution in [0.4, 0.5) is 0 Å². The number of aliphatic hydroxyl groups is 1. The molecule has 4 fully saturated rings. The standard InChI is InChI=1S/C28H46O2/c1-17(2)18(3)7-8-19(4)22-9-10-23-21-16-26(30)25-15-20(29)11-13-28(25,6)24(21)12-14-27(22,23)5/h7-8,17-25,29H,9-16H2,1-6H3/b8-7+/t18-,19+,20-,21-,22+,23-,24-,25+,27+,28+/m0/s1/i16T2,25T. The van der Waals surface area contributed by atoms with Gasteiger partial charge in [0.25, 0.3) is 0 Å². The number of hydrogen-bond donors (Lipinski definition) is 1. The molecule has 4 aliphatic carbocycles. The number of allylic oxidation sites excluding steroid dienone is 2. The normalized spacial score (nSPS) is 53.9. The lowest BCUT2D eigenvalue weighted by Crippen LogP contribution is -2.57. The van der Waals surface area contributed by atoms with Crippen molar-refractivity contribution in [2.45, 2.75) is 99.0 Å². The van der Waals surface area contributed by atoms with Gasteiger partial charge in [-0.1, -0.05) is 53.7 Å². The summed E-state index contributed by atoms with van der Waals surface area (Å²) in [6.45, 7) is 13.6. The minimum absolute atomic E-state index is 0.0339. The highest BCUT2D eigenvalue weighted by Crippen LogP contribution is 2.67. The first-order valence-electron chi connectivity index (χ1n) is 14.1. The Hall–Kier alpha value is -0.630. The van der Waals surface area contributed by atoms with Gasteiger partial charge in [-0.25, -0.2) is 0 Å². The van der Waals surface area contributed by atoms with Crippen LogP contribution in [0.25, 0.3) is 0 Å². The van der Waals surface area contributed by atoms with Crippen LogP contribution in [-0.4, -0.2) is 17.0 Å². The van der Waals surface area contributed by atoms with E-state index in [0.717, 1.165) is 25.7 Å². The highest BCUT2D eigenvalue weighted by atomic mass is 16.3. The van der Waals surface area contributed by atoms with Crippen LogP contribution in [0.15, 0.2) is 12.2 Å². The number of rotatable bonds is 4. The van der Waals surface area contributed by atoms with E-state index >= 15 is 0 Å². The van der Waals surface area contributed by atoms with E-state index in [9.17, 15) is 11.3 Å². The molecule has 2 nitrogen and oxygen atoms in total. The molecule has 4 aliphatic rings. The summed E-state index contributed by atoms with van der Waals surface area (Å²) in [4.78, 5) is 13.7. The van der Waals surface area contributed by atoms with E-state index in [4.69, 9.17) is 2.74 Å². The molecule has 0 spiro atoms. The molecule has 0 bridgehead atoms. The molecule has 0 amide bonds. The maximum Gasteiger partial charge on any atom is 0.136 e. The summed E-state index contributed by atoms with van der Waals surface area (Å²) < 4.78 is 27.3. The number of Topliss-reactive ketones (excluding diaryl/α,β-unsaturated/α-hetero) is 1. The van der Waals surface area contributed by atoms with Gasteiger partial charge in [-0.3, -0.25) is 4.79 Å². The van der Waals surface area contributed by atoms with Crippen LogP contribution in [0.1, 0.15) is 97.0 Å². The van der Waals surface area contributed by atoms with E-state index in [1.54, 1.807) is 0 Å². The van der Waals surface area contributed by atoms with Gasteiger partial charge >= 0.3 is 0 Å². The van der Waals surface area contributed by atoms with Gasteiger partial charge in [-0.15, -0.1) is 0 Å². The van der Waals surface area contributed by atoms with Crippen LogP contribution in [0.2, 0.25) is 0 Å². The van der Waals surface area contributed by atoms with Crippen molar-refractivity contribution in [3.8, 4) is 0 Å². The summed E-state index contributed by atoms with van der Waals surface area (Å²) in [5.41, 5.74) is -0.511. The van der Waals surface area contributed by atoms with Crippen LogP contribution in [0.5, 0.6) is 0 Å². The Morgan fingerprint density at radius 1 is 1.03 bits per heavy atom. The lowest BCUT2D eigenvalue weighted by molar-refractivity contribution is -0.159. The zero-order chi connectivity index (χ0) is 24.6. The summed E-state index contributed by atoms with van der Waals surface area (Å²) in [5, 5.41) is 10.3. The number of aliphatic hydroxyl groups excluding tert-OH is 1. The zero-order valence-electron chi connectivity index (χ0n) is 23.1. The van der Waals surface area contributed by atoms with Crippen LogP contribution < -0.4 is 0 Å². The Morgan fingerprint density at radius 2 is 1.70 bits per heavy atom. The van der Waals surface area contributed by atoms with E-state index in [-0.39, 0.29) is 29.6 Å². The maximum absolute atomic E-state index is 13.7. The van der Waals surface area contributed by atoms with Gasteiger partial charge in [0.15, 0.2) is 0 Å². The van der Waals surface area contributed by atoms with Gasteiger partial charge in [0.05, 0.1) is 6.10 Å². The fraction of sp³-hybridized carbons (Fsp3) is 0.893. The Morgan fingerprint density at radius 3 is 2.40 bits per heavy atom. The maximum atomic E-state index is 13.7. The highest BCUT2D eigenvalue weighted by molar-refractivity contribution is 5.83. The molecule has 0 aromatic carbocycles. The Balaban J connectivity index is 1.67. The van der Waals surface area contributed by atoms with Gasteiger partial charge in [0.1, 0.15) is 5.78 Å². The largest absolute Gasteiger partial charge is 0.393 e. The average molecular weight is 421 g/mol. The van der Waals surface area contributed by atoms with E-state index in [1.165, 1.54) is 0 Å².